The van der Waals surface area contributed by atoms with Crippen LogP contribution in [-0.2, 0) is 4.79 Å². The van der Waals surface area contributed by atoms with Crippen LogP contribution in [0, 0.1) is 6.92 Å². The highest BCUT2D eigenvalue weighted by molar-refractivity contribution is 6.32. The largest absolute Gasteiger partial charge is 0.493 e. The molecule has 0 aliphatic carbocycles. The van der Waals surface area contributed by atoms with Gasteiger partial charge in [0.15, 0.2) is 29.6 Å². The second-order valence-corrected chi connectivity index (χ2v) is 8.65. The molecule has 0 spiro atoms. The molecule has 2 N–H and O–H groups in total. The van der Waals surface area contributed by atoms with Gasteiger partial charge in [-0.2, -0.15) is 5.10 Å². The van der Waals surface area contributed by atoms with E-state index in [0.29, 0.717) is 45.7 Å². The molecule has 0 saturated heterocycles. The Morgan fingerprint density at radius 1 is 0.921 bits per heavy atom. The molecule has 2 amide bonds. The van der Waals surface area contributed by atoms with Crippen LogP contribution >= 0.6 is 23.2 Å². The Bertz CT molecular complexity index is 1350. The van der Waals surface area contributed by atoms with Crippen molar-refractivity contribution < 1.29 is 28.5 Å². The summed E-state index contributed by atoms with van der Waals surface area (Å²) in [6.45, 7) is 3.70. The fourth-order valence-corrected chi connectivity index (χ4v) is 3.73. The molecule has 3 rings (SSSR count). The molecule has 0 aliphatic rings. The number of nitrogens with zero attached hydrogens (tertiary/aromatic N) is 1. The Hall–Kier alpha value is -3.95. The van der Waals surface area contributed by atoms with Gasteiger partial charge in [0.05, 0.1) is 32.1 Å². The second kappa shape index (κ2) is 13.6. The van der Waals surface area contributed by atoms with Gasteiger partial charge in [0, 0.05) is 16.3 Å². The van der Waals surface area contributed by atoms with Crippen molar-refractivity contribution in [1.29, 1.82) is 0 Å². The van der Waals surface area contributed by atoms with Gasteiger partial charge in [-0.15, -0.1) is 0 Å². The number of halogens is 2. The van der Waals surface area contributed by atoms with Gasteiger partial charge in [-0.05, 0) is 67.4 Å². The molecular weight excluding hydrogens is 533 g/mol. The molecule has 200 valence electrons. The van der Waals surface area contributed by atoms with Crippen molar-refractivity contribution in [1.82, 2.24) is 5.43 Å². The fourth-order valence-electron chi connectivity index (χ4n) is 3.28. The molecule has 0 radical (unpaired) electrons. The molecule has 0 fully saturated rings. The first-order valence-electron chi connectivity index (χ1n) is 11.5. The number of benzene rings is 3. The Morgan fingerprint density at radius 2 is 1.68 bits per heavy atom. The summed E-state index contributed by atoms with van der Waals surface area (Å²) in [6, 6.07) is 13.2. The number of amides is 2. The average molecular weight is 560 g/mol. The molecule has 38 heavy (non-hydrogen) atoms. The minimum absolute atomic E-state index is 0.204. The van der Waals surface area contributed by atoms with Gasteiger partial charge in [0.25, 0.3) is 11.8 Å². The Balaban J connectivity index is 1.67. The van der Waals surface area contributed by atoms with E-state index in [1.165, 1.54) is 20.4 Å². The number of carbonyl (C=O) groups is 2. The van der Waals surface area contributed by atoms with Crippen LogP contribution in [0.4, 0.5) is 5.69 Å². The number of nitrogens with one attached hydrogen (secondary N) is 2. The van der Waals surface area contributed by atoms with Crippen molar-refractivity contribution in [2.24, 2.45) is 5.10 Å². The molecule has 0 saturated carbocycles. The zero-order valence-electron chi connectivity index (χ0n) is 21.3. The summed E-state index contributed by atoms with van der Waals surface area (Å²) >= 11 is 12.5. The standard InChI is InChI=1S/C27H27Cl2N3O6/c1-5-37-24-11-17(14-30-32-27(34)18-7-9-22(35-3)23(12-18)36-4)10-21(29)26(24)38-15-25(33)31-19-8-6-16(2)20(28)13-19/h6-14H,5,15H2,1-4H3,(H,31,33)(H,32,34)/b30-14+. The number of rotatable bonds is 11. The molecule has 3 aromatic rings. The minimum atomic E-state index is -0.445. The smallest absolute Gasteiger partial charge is 0.271 e. The maximum absolute atomic E-state index is 12.5. The van der Waals surface area contributed by atoms with Crippen LogP contribution in [0.3, 0.4) is 0 Å². The molecule has 0 aliphatic heterocycles. The highest BCUT2D eigenvalue weighted by Crippen LogP contribution is 2.36. The third-order valence-electron chi connectivity index (χ3n) is 5.16. The lowest BCUT2D eigenvalue weighted by Gasteiger charge is -2.14. The lowest BCUT2D eigenvalue weighted by molar-refractivity contribution is -0.118. The first kappa shape index (κ1) is 28.6. The first-order chi connectivity index (χ1) is 18.2. The summed E-state index contributed by atoms with van der Waals surface area (Å²) in [5.41, 5.74) is 4.77. The number of hydrogen-bond acceptors (Lipinski definition) is 7. The third-order valence-corrected chi connectivity index (χ3v) is 5.85. The SMILES string of the molecule is CCOc1cc(/C=N/NC(=O)c2ccc(OC)c(OC)c2)cc(Cl)c1OCC(=O)Nc1ccc(C)c(Cl)c1. The maximum Gasteiger partial charge on any atom is 0.271 e. The minimum Gasteiger partial charge on any atom is -0.493 e. The normalized spacial score (nSPS) is 10.7. The predicted molar refractivity (Wildman–Crippen MR) is 148 cm³/mol. The number of anilines is 1. The lowest BCUT2D eigenvalue weighted by atomic mass is 10.2. The molecule has 11 heteroatoms. The summed E-state index contributed by atoms with van der Waals surface area (Å²) in [4.78, 5) is 24.9. The number of ether oxygens (including phenoxy) is 4. The quantitative estimate of drug-likeness (QED) is 0.237. The van der Waals surface area contributed by atoms with E-state index < -0.39 is 11.8 Å². The van der Waals surface area contributed by atoms with Crippen LogP contribution in [0.25, 0.3) is 0 Å². The zero-order chi connectivity index (χ0) is 27.7. The van der Waals surface area contributed by atoms with Gasteiger partial charge in [-0.3, -0.25) is 9.59 Å². The van der Waals surface area contributed by atoms with E-state index in [9.17, 15) is 9.59 Å². The summed E-state index contributed by atoms with van der Waals surface area (Å²) < 4.78 is 21.7. The summed E-state index contributed by atoms with van der Waals surface area (Å²) in [5, 5.41) is 7.46. The van der Waals surface area contributed by atoms with Crippen molar-refractivity contribution in [3.05, 3.63) is 75.3 Å². The van der Waals surface area contributed by atoms with E-state index in [0.717, 1.165) is 5.56 Å². The van der Waals surface area contributed by atoms with E-state index >= 15 is 0 Å². The van der Waals surface area contributed by atoms with Crippen LogP contribution in [-0.4, -0.2) is 45.5 Å². The Labute approximate surface area is 230 Å². The number of methoxy groups -OCH3 is 2. The zero-order valence-corrected chi connectivity index (χ0v) is 22.8. The van der Waals surface area contributed by atoms with Crippen LogP contribution in [0.1, 0.15) is 28.4 Å². The fraction of sp³-hybridized carbons (Fsp3) is 0.222. The molecular formula is C27H27Cl2N3O6. The van der Waals surface area contributed by atoms with Crippen molar-refractivity contribution in [3.8, 4) is 23.0 Å². The van der Waals surface area contributed by atoms with E-state index in [-0.39, 0.29) is 17.4 Å². The molecule has 0 atom stereocenters. The number of carbonyl (C=O) groups excluding carboxylic acids is 2. The van der Waals surface area contributed by atoms with Crippen molar-refractivity contribution in [3.63, 3.8) is 0 Å². The molecule has 0 unspecified atom stereocenters. The topological polar surface area (TPSA) is 107 Å². The molecule has 9 nitrogen and oxygen atoms in total. The number of aryl methyl sites for hydroxylation is 1. The Morgan fingerprint density at radius 3 is 2.37 bits per heavy atom. The maximum atomic E-state index is 12.5. The first-order valence-corrected chi connectivity index (χ1v) is 12.2. The molecule has 0 bridgehead atoms. The van der Waals surface area contributed by atoms with Crippen LogP contribution in [0.2, 0.25) is 10.0 Å². The van der Waals surface area contributed by atoms with Crippen LogP contribution in [0.15, 0.2) is 53.6 Å². The number of hydrogen-bond donors (Lipinski definition) is 2. The average Bonchev–Trinajstić information content (AvgIpc) is 2.90. The van der Waals surface area contributed by atoms with Crippen molar-refractivity contribution in [2.75, 3.05) is 32.8 Å². The highest BCUT2D eigenvalue weighted by atomic mass is 35.5. The van der Waals surface area contributed by atoms with Crippen molar-refractivity contribution >= 4 is 46.9 Å². The molecule has 0 aromatic heterocycles. The lowest BCUT2D eigenvalue weighted by Crippen LogP contribution is -2.20. The van der Waals surface area contributed by atoms with Crippen LogP contribution in [0.5, 0.6) is 23.0 Å². The predicted octanol–water partition coefficient (Wildman–Crippen LogP) is 5.50. The van der Waals surface area contributed by atoms with Gasteiger partial charge >= 0.3 is 0 Å². The second-order valence-electron chi connectivity index (χ2n) is 7.83. The van der Waals surface area contributed by atoms with Gasteiger partial charge in [-0.1, -0.05) is 29.3 Å². The van der Waals surface area contributed by atoms with Crippen molar-refractivity contribution in [2.45, 2.75) is 13.8 Å². The Kier molecular flexibility index (Phi) is 10.2. The van der Waals surface area contributed by atoms with E-state index in [2.05, 4.69) is 15.8 Å². The number of hydrazone groups is 1. The summed E-state index contributed by atoms with van der Waals surface area (Å²) in [7, 11) is 2.99. The monoisotopic (exact) mass is 559 g/mol. The van der Waals surface area contributed by atoms with Gasteiger partial charge in [0.1, 0.15) is 0 Å². The van der Waals surface area contributed by atoms with E-state index in [4.69, 9.17) is 42.1 Å². The molecule has 0 heterocycles. The van der Waals surface area contributed by atoms with Gasteiger partial charge < -0.3 is 24.3 Å². The van der Waals surface area contributed by atoms with Gasteiger partial charge in [0.2, 0.25) is 0 Å². The summed E-state index contributed by atoms with van der Waals surface area (Å²) in [6.07, 6.45) is 1.41. The van der Waals surface area contributed by atoms with Crippen LogP contribution < -0.4 is 29.7 Å². The highest BCUT2D eigenvalue weighted by Gasteiger charge is 2.15. The van der Waals surface area contributed by atoms with E-state index in [1.54, 1.807) is 55.5 Å². The molecule has 3 aromatic carbocycles. The third kappa shape index (κ3) is 7.53. The van der Waals surface area contributed by atoms with E-state index in [1.807, 2.05) is 6.92 Å². The summed E-state index contributed by atoms with van der Waals surface area (Å²) in [5.74, 6) is 0.608. The van der Waals surface area contributed by atoms with Gasteiger partial charge in [-0.25, -0.2) is 5.43 Å².